The lowest BCUT2D eigenvalue weighted by Crippen LogP contribution is -2.52. The minimum Gasteiger partial charge on any atom is -0.459 e. The number of hydrogen-bond acceptors (Lipinski definition) is 8. The SMILES string of the molecule is C=C1CC(=O)OC(C(C)OC(C)(C)S)CC2O[C@@](C)(CC2C)C(OC2CC(N3CCCCC3)CC(C)O2)C1C.CC.CCC. The zero-order chi connectivity index (χ0) is 33.2. The van der Waals surface area contributed by atoms with Crippen molar-refractivity contribution >= 4 is 18.6 Å². The Morgan fingerprint density at radius 2 is 1.70 bits per heavy atom. The number of piperidine rings is 1. The number of nitrogens with zero attached hydrogens (tertiary/aromatic N) is 1. The van der Waals surface area contributed by atoms with Crippen LogP contribution in [0.25, 0.3) is 0 Å². The molecule has 10 atom stereocenters. The van der Waals surface area contributed by atoms with Crippen LogP contribution in [0.4, 0.5) is 0 Å². The smallest absolute Gasteiger partial charge is 0.310 e. The van der Waals surface area contributed by atoms with E-state index in [1.54, 1.807) is 0 Å². The van der Waals surface area contributed by atoms with Crippen LogP contribution in [0.5, 0.6) is 0 Å². The molecule has 0 N–H and O–H groups in total. The van der Waals surface area contributed by atoms with Crippen LogP contribution in [0, 0.1) is 11.8 Å². The van der Waals surface area contributed by atoms with Crippen molar-refractivity contribution < 1.29 is 28.5 Å². The lowest BCUT2D eigenvalue weighted by Gasteiger charge is -2.45. The third-order valence-electron chi connectivity index (χ3n) is 9.26. The Hall–Kier alpha value is -0.640. The number of ether oxygens (including phenoxy) is 5. The third kappa shape index (κ3) is 11.6. The predicted octanol–water partition coefficient (Wildman–Crippen LogP) is 8.35. The maximum absolute atomic E-state index is 13.1. The summed E-state index contributed by atoms with van der Waals surface area (Å²) in [5.74, 6) is -0.124. The lowest BCUT2D eigenvalue weighted by atomic mass is 9.80. The number of cyclic esters (lactones) is 1. The quantitative estimate of drug-likeness (QED) is 0.135. The number of fused-ring (bicyclic) bond motifs is 2. The van der Waals surface area contributed by atoms with Crippen molar-refractivity contribution in [2.24, 2.45) is 11.8 Å². The molecule has 7 nitrogen and oxygen atoms in total. The van der Waals surface area contributed by atoms with Gasteiger partial charge in [0.15, 0.2) is 6.29 Å². The number of thiol groups is 1. The van der Waals surface area contributed by atoms with Crippen molar-refractivity contribution in [3.63, 3.8) is 0 Å². The highest BCUT2D eigenvalue weighted by atomic mass is 32.1. The fraction of sp³-hybridized carbons (Fsp3) is 0.917. The second kappa shape index (κ2) is 18.1. The highest BCUT2D eigenvalue weighted by Crippen LogP contribution is 2.45. The van der Waals surface area contributed by atoms with E-state index in [2.05, 4.69) is 65.7 Å². The van der Waals surface area contributed by atoms with Gasteiger partial charge in [0.1, 0.15) is 11.0 Å². The van der Waals surface area contributed by atoms with Gasteiger partial charge in [-0.1, -0.05) is 66.5 Å². The van der Waals surface area contributed by atoms with Crippen LogP contribution in [0.3, 0.4) is 0 Å². The van der Waals surface area contributed by atoms with E-state index in [9.17, 15) is 4.79 Å². The van der Waals surface area contributed by atoms with Gasteiger partial charge in [0.2, 0.25) is 0 Å². The minimum absolute atomic E-state index is 0.0844. The highest BCUT2D eigenvalue weighted by Gasteiger charge is 2.52. The molecule has 44 heavy (non-hydrogen) atoms. The van der Waals surface area contributed by atoms with Gasteiger partial charge in [0.05, 0.1) is 36.4 Å². The summed E-state index contributed by atoms with van der Waals surface area (Å²) in [6.45, 7) is 29.3. The van der Waals surface area contributed by atoms with E-state index >= 15 is 0 Å². The Kier molecular flexibility index (Phi) is 16.2. The molecular weight excluding hydrogens is 574 g/mol. The van der Waals surface area contributed by atoms with Gasteiger partial charge in [-0.25, -0.2) is 0 Å². The monoisotopic (exact) mass is 641 g/mol. The normalized spacial score (nSPS) is 37.8. The van der Waals surface area contributed by atoms with E-state index in [1.807, 2.05) is 34.6 Å². The molecule has 4 aliphatic rings. The fourth-order valence-electron chi connectivity index (χ4n) is 7.31. The molecule has 4 saturated heterocycles. The van der Waals surface area contributed by atoms with Crippen LogP contribution < -0.4 is 0 Å². The van der Waals surface area contributed by atoms with Gasteiger partial charge in [0.25, 0.3) is 0 Å². The maximum Gasteiger partial charge on any atom is 0.310 e. The molecule has 0 amide bonds. The first-order valence-electron chi connectivity index (χ1n) is 17.7. The maximum atomic E-state index is 13.1. The molecule has 0 saturated carbocycles. The fourth-order valence-corrected chi connectivity index (χ4v) is 7.47. The summed E-state index contributed by atoms with van der Waals surface area (Å²) in [6, 6.07) is 0.470. The molecular formula is C36H67NO6S. The molecule has 4 fully saturated rings. The second-order valence-electron chi connectivity index (χ2n) is 14.2. The van der Waals surface area contributed by atoms with E-state index < -0.39 is 16.6 Å². The molecule has 2 bridgehead atoms. The number of carbonyl (C=O) groups excluding carboxylic acids is 1. The summed E-state index contributed by atoms with van der Waals surface area (Å²) in [5, 5.41) is 0. The van der Waals surface area contributed by atoms with E-state index in [1.165, 1.54) is 25.7 Å². The van der Waals surface area contributed by atoms with Gasteiger partial charge in [-0.3, -0.25) is 4.79 Å². The van der Waals surface area contributed by atoms with E-state index in [-0.39, 0.29) is 54.9 Å². The van der Waals surface area contributed by atoms with Crippen molar-refractivity contribution in [2.75, 3.05) is 13.1 Å². The lowest BCUT2D eigenvalue weighted by molar-refractivity contribution is -0.262. The van der Waals surface area contributed by atoms with Crippen LogP contribution in [0.2, 0.25) is 0 Å². The number of hydrogen-bond donors (Lipinski definition) is 1. The van der Waals surface area contributed by atoms with Gasteiger partial charge >= 0.3 is 5.97 Å². The zero-order valence-corrected chi connectivity index (χ0v) is 30.9. The standard InChI is InChI=1S/C31H53NO6S.C3H8.C2H6/c1-19-14-27(33)35-26(23(5)37-30(6,7)39)17-25-20(2)18-31(8,38-25)29(22(19)4)36-28-16-24(15-21(3)34-28)32-12-10-9-11-13-32;1-3-2;1-2/h20-26,28-29,39H,1,9-18H2,2-8H3;3H2,1-2H3;1-2H3/t20?,21?,22?,23?,24?,25?,26?,28?,29?,31-;;/m0../s1. The summed E-state index contributed by atoms with van der Waals surface area (Å²) < 4.78 is 32.3. The Bertz CT molecular complexity index is 873. The van der Waals surface area contributed by atoms with Crippen molar-refractivity contribution in [1.29, 1.82) is 0 Å². The molecule has 0 aromatic rings. The van der Waals surface area contributed by atoms with Gasteiger partial charge in [0, 0.05) is 24.8 Å². The van der Waals surface area contributed by atoms with Gasteiger partial charge in [-0.05, 0) is 79.3 Å². The van der Waals surface area contributed by atoms with Crippen LogP contribution >= 0.6 is 12.6 Å². The molecule has 8 heteroatoms. The van der Waals surface area contributed by atoms with Crippen LogP contribution in [-0.2, 0) is 28.5 Å². The predicted molar refractivity (Wildman–Crippen MR) is 183 cm³/mol. The van der Waals surface area contributed by atoms with E-state index in [0.717, 1.165) is 37.9 Å². The van der Waals surface area contributed by atoms with E-state index in [4.69, 9.17) is 23.7 Å². The summed E-state index contributed by atoms with van der Waals surface area (Å²) >= 11 is 4.53. The number of likely N-dealkylation sites (tertiary alicyclic amines) is 1. The molecule has 0 radical (unpaired) electrons. The molecule has 4 heterocycles. The van der Waals surface area contributed by atoms with Crippen molar-refractivity contribution in [2.45, 2.75) is 187 Å². The molecule has 0 aliphatic carbocycles. The molecule has 9 unspecified atom stereocenters. The van der Waals surface area contributed by atoms with E-state index in [0.29, 0.717) is 12.5 Å². The summed E-state index contributed by atoms with van der Waals surface area (Å²) in [4.78, 5) is 15.1. The Morgan fingerprint density at radius 1 is 1.09 bits per heavy atom. The second-order valence-corrected chi connectivity index (χ2v) is 15.2. The number of carbonyl (C=O) groups is 1. The Morgan fingerprint density at radius 3 is 2.30 bits per heavy atom. The molecule has 4 rings (SSSR count). The number of esters is 1. The summed E-state index contributed by atoms with van der Waals surface area (Å²) in [5.41, 5.74) is 0.258. The molecule has 4 aliphatic heterocycles. The number of rotatable bonds is 6. The average Bonchev–Trinajstić information content (AvgIpc) is 3.24. The van der Waals surface area contributed by atoms with Crippen molar-refractivity contribution in [3.8, 4) is 0 Å². The largest absolute Gasteiger partial charge is 0.459 e. The zero-order valence-electron chi connectivity index (χ0n) is 30.0. The van der Waals surface area contributed by atoms with Gasteiger partial charge < -0.3 is 28.6 Å². The van der Waals surface area contributed by atoms with Gasteiger partial charge in [-0.2, -0.15) is 0 Å². The summed E-state index contributed by atoms with van der Waals surface area (Å²) in [6.07, 6.45) is 7.25. The van der Waals surface area contributed by atoms with Crippen LogP contribution in [-0.4, -0.2) is 77.3 Å². The highest BCUT2D eigenvalue weighted by molar-refractivity contribution is 7.81. The Balaban J connectivity index is 0.00000127. The third-order valence-corrected chi connectivity index (χ3v) is 9.36. The molecule has 0 spiro atoms. The van der Waals surface area contributed by atoms with Crippen LogP contribution in [0.15, 0.2) is 12.2 Å². The van der Waals surface area contributed by atoms with Crippen molar-refractivity contribution in [1.82, 2.24) is 4.90 Å². The molecule has 0 aromatic carbocycles. The summed E-state index contributed by atoms with van der Waals surface area (Å²) in [7, 11) is 0. The molecule has 0 aromatic heterocycles. The first-order valence-corrected chi connectivity index (χ1v) is 18.1. The topological polar surface area (TPSA) is 66.5 Å². The van der Waals surface area contributed by atoms with Crippen LogP contribution in [0.1, 0.15) is 134 Å². The molecule has 258 valence electrons. The first-order chi connectivity index (χ1) is 20.7. The minimum atomic E-state index is -0.644. The first kappa shape index (κ1) is 39.5. The average molecular weight is 642 g/mol. The van der Waals surface area contributed by atoms with Gasteiger partial charge in [-0.15, -0.1) is 12.6 Å². The Labute approximate surface area is 275 Å². The van der Waals surface area contributed by atoms with Crippen molar-refractivity contribution in [3.05, 3.63) is 12.2 Å².